The van der Waals surface area contributed by atoms with Gasteiger partial charge in [-0.25, -0.2) is 4.79 Å². The van der Waals surface area contributed by atoms with Crippen molar-refractivity contribution in [3.05, 3.63) is 32.7 Å². The van der Waals surface area contributed by atoms with E-state index in [0.29, 0.717) is 25.1 Å². The van der Waals surface area contributed by atoms with Gasteiger partial charge >= 0.3 is 6.03 Å². The van der Waals surface area contributed by atoms with Gasteiger partial charge in [-0.15, -0.1) is 0 Å². The Bertz CT molecular complexity index is 566. The van der Waals surface area contributed by atoms with Crippen LogP contribution in [0.2, 0.25) is 0 Å². The molecule has 102 valence electrons. The molecular weight excluding hydrogens is 314 g/mol. The number of urea groups is 1. The summed E-state index contributed by atoms with van der Waals surface area (Å²) in [7, 11) is 0. The van der Waals surface area contributed by atoms with E-state index >= 15 is 0 Å². The molecule has 19 heavy (non-hydrogen) atoms. The van der Waals surface area contributed by atoms with E-state index in [0.717, 1.165) is 4.47 Å². The van der Waals surface area contributed by atoms with Crippen LogP contribution < -0.4 is 10.9 Å². The highest BCUT2D eigenvalue weighted by atomic mass is 79.9. The van der Waals surface area contributed by atoms with Crippen molar-refractivity contribution in [2.24, 2.45) is 0 Å². The minimum absolute atomic E-state index is 0.0552. The Balaban J connectivity index is 1.98. The van der Waals surface area contributed by atoms with E-state index in [2.05, 4.69) is 21.2 Å². The number of halogens is 1. The number of amides is 3. The first kappa shape index (κ1) is 13.8. The van der Waals surface area contributed by atoms with Gasteiger partial charge in [-0.05, 0) is 35.3 Å². The summed E-state index contributed by atoms with van der Waals surface area (Å²) >= 11 is 3.34. The van der Waals surface area contributed by atoms with Gasteiger partial charge in [-0.1, -0.05) is 0 Å². The number of hydrogen-bond acceptors (Lipinski definition) is 3. The van der Waals surface area contributed by atoms with Gasteiger partial charge in [-0.3, -0.25) is 14.5 Å². The highest BCUT2D eigenvalue weighted by Crippen LogP contribution is 2.09. The number of pyridine rings is 1. The molecule has 1 aliphatic rings. The van der Waals surface area contributed by atoms with Crippen molar-refractivity contribution in [1.29, 1.82) is 0 Å². The lowest BCUT2D eigenvalue weighted by Gasteiger charge is -2.13. The van der Waals surface area contributed by atoms with Crippen molar-refractivity contribution in [2.75, 3.05) is 13.1 Å². The third-order valence-electron chi connectivity index (χ3n) is 2.95. The molecule has 1 fully saturated rings. The lowest BCUT2D eigenvalue weighted by Crippen LogP contribution is -2.33. The second-order valence-corrected chi connectivity index (χ2v) is 5.31. The molecule has 2 rings (SSSR count). The maximum atomic E-state index is 11.9. The average molecular weight is 328 g/mol. The molecule has 0 atom stereocenters. The molecule has 3 amide bonds. The van der Waals surface area contributed by atoms with Crippen LogP contribution in [0.3, 0.4) is 0 Å². The minimum atomic E-state index is -0.359. The lowest BCUT2D eigenvalue weighted by molar-refractivity contribution is -0.125. The van der Waals surface area contributed by atoms with Crippen LogP contribution in [0, 0.1) is 6.92 Å². The summed E-state index contributed by atoms with van der Waals surface area (Å²) in [5.74, 6) is -0.220. The number of nitrogens with one attached hydrogen (secondary N) is 1. The Hall–Kier alpha value is -1.63. The summed E-state index contributed by atoms with van der Waals surface area (Å²) in [6.45, 7) is 2.61. The fourth-order valence-corrected chi connectivity index (χ4v) is 2.58. The van der Waals surface area contributed by atoms with Gasteiger partial charge in [0.2, 0.25) is 5.91 Å². The average Bonchev–Trinajstić information content (AvgIpc) is 2.66. The fraction of sp³-hybridized carbons (Fsp3) is 0.417. The first-order valence-corrected chi connectivity index (χ1v) is 6.73. The molecule has 1 aliphatic heterocycles. The number of imide groups is 1. The summed E-state index contributed by atoms with van der Waals surface area (Å²) in [6, 6.07) is 1.40. The molecule has 1 aromatic rings. The van der Waals surface area contributed by atoms with Gasteiger partial charge in [0, 0.05) is 29.3 Å². The van der Waals surface area contributed by atoms with Crippen molar-refractivity contribution in [3.8, 4) is 0 Å². The molecule has 7 heteroatoms. The van der Waals surface area contributed by atoms with Crippen LogP contribution in [0.15, 0.2) is 21.5 Å². The number of hydrogen-bond donors (Lipinski definition) is 1. The molecule has 6 nitrogen and oxygen atoms in total. The monoisotopic (exact) mass is 327 g/mol. The third kappa shape index (κ3) is 3.04. The predicted molar refractivity (Wildman–Crippen MR) is 72.9 cm³/mol. The molecular formula is C12H14BrN3O3. The molecule has 0 bridgehead atoms. The second kappa shape index (κ2) is 5.56. The topological polar surface area (TPSA) is 71.4 Å². The molecule has 0 saturated carbocycles. The molecule has 1 aromatic heterocycles. The zero-order chi connectivity index (χ0) is 14.0. The summed E-state index contributed by atoms with van der Waals surface area (Å²) in [5, 5.41) is 2.46. The van der Waals surface area contributed by atoms with E-state index in [-0.39, 0.29) is 24.0 Å². The van der Waals surface area contributed by atoms with Crippen LogP contribution in [0.4, 0.5) is 4.79 Å². The zero-order valence-corrected chi connectivity index (χ0v) is 12.1. The molecule has 0 unspecified atom stereocenters. The summed E-state index contributed by atoms with van der Waals surface area (Å²) in [5.41, 5.74) is 0.602. The van der Waals surface area contributed by atoms with Gasteiger partial charge in [-0.2, -0.15) is 0 Å². The van der Waals surface area contributed by atoms with E-state index in [1.54, 1.807) is 23.8 Å². The van der Waals surface area contributed by atoms with Gasteiger partial charge < -0.3 is 9.88 Å². The minimum Gasteiger partial charge on any atom is -0.329 e. The van der Waals surface area contributed by atoms with E-state index in [1.165, 1.54) is 4.90 Å². The Morgan fingerprint density at radius 3 is 2.68 bits per heavy atom. The highest BCUT2D eigenvalue weighted by Gasteiger charge is 2.27. The van der Waals surface area contributed by atoms with Crippen LogP contribution in [-0.2, 0) is 11.3 Å². The normalized spacial score (nSPS) is 14.9. The van der Waals surface area contributed by atoms with Crippen molar-refractivity contribution < 1.29 is 9.59 Å². The highest BCUT2D eigenvalue weighted by molar-refractivity contribution is 9.10. The van der Waals surface area contributed by atoms with E-state index in [4.69, 9.17) is 0 Å². The van der Waals surface area contributed by atoms with Crippen molar-refractivity contribution in [3.63, 3.8) is 0 Å². The maximum Gasteiger partial charge on any atom is 0.324 e. The summed E-state index contributed by atoms with van der Waals surface area (Å²) in [4.78, 5) is 35.7. The first-order chi connectivity index (χ1) is 8.99. The van der Waals surface area contributed by atoms with Crippen LogP contribution in [0.25, 0.3) is 0 Å². The van der Waals surface area contributed by atoms with Crippen molar-refractivity contribution >= 4 is 27.9 Å². The number of carbonyl (C=O) groups excluding carboxylic acids is 2. The zero-order valence-electron chi connectivity index (χ0n) is 10.5. The van der Waals surface area contributed by atoms with Crippen LogP contribution >= 0.6 is 15.9 Å². The van der Waals surface area contributed by atoms with E-state index in [9.17, 15) is 14.4 Å². The molecule has 0 aliphatic carbocycles. The second-order valence-electron chi connectivity index (χ2n) is 4.40. The summed E-state index contributed by atoms with van der Waals surface area (Å²) in [6.07, 6.45) is 2.26. The van der Waals surface area contributed by atoms with Crippen LogP contribution in [0.1, 0.15) is 12.0 Å². The number of nitrogens with zero attached hydrogens (tertiary/aromatic N) is 2. The van der Waals surface area contributed by atoms with Crippen LogP contribution in [0.5, 0.6) is 0 Å². The Kier molecular flexibility index (Phi) is 4.04. The predicted octanol–water partition coefficient (Wildman–Crippen LogP) is 0.861. The number of aromatic nitrogens is 1. The van der Waals surface area contributed by atoms with Crippen LogP contribution in [-0.4, -0.2) is 34.5 Å². The Labute approximate surface area is 118 Å². The fourth-order valence-electron chi connectivity index (χ4n) is 1.99. The van der Waals surface area contributed by atoms with Gasteiger partial charge in [0.15, 0.2) is 0 Å². The van der Waals surface area contributed by atoms with E-state index in [1.807, 2.05) is 0 Å². The Morgan fingerprint density at radius 1 is 1.32 bits per heavy atom. The smallest absolute Gasteiger partial charge is 0.324 e. The third-order valence-corrected chi connectivity index (χ3v) is 3.38. The molecule has 0 spiro atoms. The molecule has 2 heterocycles. The molecule has 0 aromatic carbocycles. The molecule has 1 saturated heterocycles. The molecule has 1 N–H and O–H groups in total. The lowest BCUT2D eigenvalue weighted by atomic mass is 10.3. The Morgan fingerprint density at radius 2 is 2.05 bits per heavy atom. The van der Waals surface area contributed by atoms with Gasteiger partial charge in [0.05, 0.1) is 6.54 Å². The van der Waals surface area contributed by atoms with Gasteiger partial charge in [0.1, 0.15) is 0 Å². The largest absolute Gasteiger partial charge is 0.329 e. The number of carbonyl (C=O) groups is 2. The van der Waals surface area contributed by atoms with Gasteiger partial charge in [0.25, 0.3) is 5.56 Å². The quantitative estimate of drug-likeness (QED) is 0.834. The number of rotatable bonds is 4. The van der Waals surface area contributed by atoms with Crippen molar-refractivity contribution in [1.82, 2.24) is 14.8 Å². The standard InChI is InChI=1S/C12H14BrN3O3/c1-8-5-9(13)7-15(11(8)18)3-2-4-16-10(17)6-14-12(16)19/h5,7H,2-4,6H2,1H3,(H,14,19). The number of aryl methyl sites for hydroxylation is 2. The van der Waals surface area contributed by atoms with E-state index < -0.39 is 0 Å². The maximum absolute atomic E-state index is 11.9. The first-order valence-electron chi connectivity index (χ1n) is 5.94. The van der Waals surface area contributed by atoms with Crippen molar-refractivity contribution in [2.45, 2.75) is 19.9 Å². The molecule has 0 radical (unpaired) electrons. The SMILES string of the molecule is Cc1cc(Br)cn(CCCN2C(=O)CNC2=O)c1=O. The summed E-state index contributed by atoms with van der Waals surface area (Å²) < 4.78 is 2.41.